The number of hydrogen-bond donors (Lipinski definition) is 3. The van der Waals surface area contributed by atoms with Gasteiger partial charge in [-0.3, -0.25) is 9.59 Å². The highest BCUT2D eigenvalue weighted by Gasteiger charge is 2.26. The molecule has 8 heteroatoms. The Labute approximate surface area is 151 Å². The lowest BCUT2D eigenvalue weighted by molar-refractivity contribution is -0.156. The fraction of sp³-hybridized carbons (Fsp3) is 0.333. The van der Waals surface area contributed by atoms with Gasteiger partial charge in [-0.1, -0.05) is 18.2 Å². The van der Waals surface area contributed by atoms with Gasteiger partial charge in [-0.2, -0.15) is 0 Å². The number of nitrogens with one attached hydrogen (secondary N) is 3. The van der Waals surface area contributed by atoms with Crippen molar-refractivity contribution in [3.8, 4) is 0 Å². The van der Waals surface area contributed by atoms with Crippen molar-refractivity contribution >= 4 is 23.5 Å². The van der Waals surface area contributed by atoms with Gasteiger partial charge in [0.1, 0.15) is 17.3 Å². The molecule has 0 fully saturated rings. The van der Waals surface area contributed by atoms with Crippen molar-refractivity contribution in [1.29, 1.82) is 0 Å². The van der Waals surface area contributed by atoms with Crippen LogP contribution in [-0.2, 0) is 9.53 Å². The van der Waals surface area contributed by atoms with E-state index in [1.165, 1.54) is 13.3 Å². The average Bonchev–Trinajstić information content (AvgIpc) is 3.04. The minimum Gasteiger partial charge on any atom is -0.458 e. The van der Waals surface area contributed by atoms with Crippen molar-refractivity contribution < 1.29 is 19.1 Å². The summed E-state index contributed by atoms with van der Waals surface area (Å²) in [6.07, 6.45) is 1.24. The summed E-state index contributed by atoms with van der Waals surface area (Å²) in [5, 5.41) is 5.15. The first-order valence-corrected chi connectivity index (χ1v) is 8.11. The molecule has 0 aliphatic rings. The Morgan fingerprint density at radius 3 is 2.38 bits per heavy atom. The number of esters is 1. The van der Waals surface area contributed by atoms with E-state index in [-0.39, 0.29) is 11.4 Å². The van der Waals surface area contributed by atoms with Crippen LogP contribution in [0.4, 0.5) is 5.69 Å². The van der Waals surface area contributed by atoms with Gasteiger partial charge in [0.15, 0.2) is 5.69 Å². The molecular formula is C18H22N4O4. The first-order valence-electron chi connectivity index (χ1n) is 8.11. The van der Waals surface area contributed by atoms with Crippen LogP contribution in [0.1, 0.15) is 48.7 Å². The number of ether oxygens (including phenoxy) is 1. The highest BCUT2D eigenvalue weighted by atomic mass is 16.6. The molecular weight excluding hydrogens is 336 g/mol. The van der Waals surface area contributed by atoms with Crippen molar-refractivity contribution in [3.05, 3.63) is 48.0 Å². The summed E-state index contributed by atoms with van der Waals surface area (Å²) in [5.41, 5.74) is -0.185. The molecule has 1 heterocycles. The van der Waals surface area contributed by atoms with Gasteiger partial charge in [-0.05, 0) is 39.8 Å². The third-order valence-electron chi connectivity index (χ3n) is 3.22. The van der Waals surface area contributed by atoms with Crippen molar-refractivity contribution in [2.45, 2.75) is 39.3 Å². The predicted octanol–water partition coefficient (Wildman–Crippen LogP) is 2.12. The zero-order valence-electron chi connectivity index (χ0n) is 15.1. The maximum absolute atomic E-state index is 12.4. The van der Waals surface area contributed by atoms with Gasteiger partial charge in [0.05, 0.1) is 6.33 Å². The molecule has 138 valence electrons. The zero-order valence-corrected chi connectivity index (χ0v) is 15.1. The first-order chi connectivity index (χ1) is 12.2. The number of H-pyrrole nitrogens is 1. The normalized spacial score (nSPS) is 12.2. The van der Waals surface area contributed by atoms with Crippen LogP contribution in [0.3, 0.4) is 0 Å². The van der Waals surface area contributed by atoms with E-state index in [1.54, 1.807) is 45.0 Å². The Hall–Kier alpha value is -3.16. The van der Waals surface area contributed by atoms with Crippen molar-refractivity contribution in [2.24, 2.45) is 0 Å². The Bertz CT molecular complexity index is 793. The second kappa shape index (κ2) is 7.81. The zero-order chi connectivity index (χ0) is 19.3. The highest BCUT2D eigenvalue weighted by molar-refractivity contribution is 6.10. The molecule has 2 aromatic rings. The number of aromatic nitrogens is 2. The van der Waals surface area contributed by atoms with E-state index in [9.17, 15) is 14.4 Å². The molecule has 1 atom stereocenters. The third-order valence-corrected chi connectivity index (χ3v) is 3.22. The summed E-state index contributed by atoms with van der Waals surface area (Å²) in [7, 11) is 0. The fourth-order valence-corrected chi connectivity index (χ4v) is 2.07. The van der Waals surface area contributed by atoms with Gasteiger partial charge in [0.25, 0.3) is 11.8 Å². The molecule has 0 spiro atoms. The largest absolute Gasteiger partial charge is 0.458 e. The molecule has 8 nitrogen and oxygen atoms in total. The van der Waals surface area contributed by atoms with Gasteiger partial charge >= 0.3 is 5.97 Å². The predicted molar refractivity (Wildman–Crippen MR) is 95.8 cm³/mol. The molecule has 2 rings (SSSR count). The molecule has 0 aliphatic carbocycles. The number of anilines is 1. The molecule has 0 radical (unpaired) electrons. The molecule has 0 unspecified atom stereocenters. The van der Waals surface area contributed by atoms with E-state index in [2.05, 4.69) is 20.6 Å². The van der Waals surface area contributed by atoms with Crippen LogP contribution in [0.15, 0.2) is 36.7 Å². The molecule has 2 amide bonds. The van der Waals surface area contributed by atoms with Crippen molar-refractivity contribution in [1.82, 2.24) is 15.3 Å². The Balaban J connectivity index is 2.06. The van der Waals surface area contributed by atoms with E-state index in [0.29, 0.717) is 5.69 Å². The fourth-order valence-electron chi connectivity index (χ4n) is 2.07. The van der Waals surface area contributed by atoms with Gasteiger partial charge in [0.2, 0.25) is 0 Å². The van der Waals surface area contributed by atoms with E-state index in [0.717, 1.165) is 0 Å². The van der Waals surface area contributed by atoms with Gasteiger partial charge in [0, 0.05) is 5.69 Å². The van der Waals surface area contributed by atoms with Crippen LogP contribution in [0, 0.1) is 0 Å². The smallest absolute Gasteiger partial charge is 0.328 e. The summed E-state index contributed by atoms with van der Waals surface area (Å²) >= 11 is 0. The number of carbonyl (C=O) groups excluding carboxylic acids is 3. The minimum absolute atomic E-state index is 0.0335. The van der Waals surface area contributed by atoms with Crippen LogP contribution in [0.5, 0.6) is 0 Å². The molecule has 0 saturated carbocycles. The summed E-state index contributed by atoms with van der Waals surface area (Å²) in [6.45, 7) is 6.72. The third kappa shape index (κ3) is 5.17. The summed E-state index contributed by atoms with van der Waals surface area (Å²) in [6, 6.07) is 7.92. The molecule has 0 aliphatic heterocycles. The van der Waals surface area contributed by atoms with Gasteiger partial charge in [-0.15, -0.1) is 0 Å². The number of amides is 2. The lowest BCUT2D eigenvalue weighted by Gasteiger charge is -2.22. The second-order valence-corrected chi connectivity index (χ2v) is 6.67. The van der Waals surface area contributed by atoms with E-state index >= 15 is 0 Å². The minimum atomic E-state index is -0.880. The molecule has 26 heavy (non-hydrogen) atoms. The van der Waals surface area contributed by atoms with E-state index in [4.69, 9.17) is 4.74 Å². The molecule has 1 aromatic carbocycles. The van der Waals surface area contributed by atoms with Crippen LogP contribution < -0.4 is 10.6 Å². The monoisotopic (exact) mass is 358 g/mol. The van der Waals surface area contributed by atoms with E-state index in [1.807, 2.05) is 6.07 Å². The van der Waals surface area contributed by atoms with Gasteiger partial charge in [-0.25, -0.2) is 9.78 Å². The highest BCUT2D eigenvalue weighted by Crippen LogP contribution is 2.11. The van der Waals surface area contributed by atoms with Crippen molar-refractivity contribution in [3.63, 3.8) is 0 Å². The molecule has 0 bridgehead atoms. The summed E-state index contributed by atoms with van der Waals surface area (Å²) in [4.78, 5) is 43.2. The summed E-state index contributed by atoms with van der Waals surface area (Å²) in [5.74, 6) is -1.73. The number of benzene rings is 1. The molecule has 3 N–H and O–H groups in total. The van der Waals surface area contributed by atoms with Gasteiger partial charge < -0.3 is 20.4 Å². The molecule has 0 saturated heterocycles. The maximum atomic E-state index is 12.4. The van der Waals surface area contributed by atoms with Crippen LogP contribution in [0.2, 0.25) is 0 Å². The number of nitrogens with zero attached hydrogens (tertiary/aromatic N) is 1. The number of imidazole rings is 1. The number of carbonyl (C=O) groups is 3. The Morgan fingerprint density at radius 2 is 1.77 bits per heavy atom. The molecule has 1 aromatic heterocycles. The first kappa shape index (κ1) is 19.2. The van der Waals surface area contributed by atoms with Crippen LogP contribution in [-0.4, -0.2) is 39.4 Å². The van der Waals surface area contributed by atoms with Crippen LogP contribution >= 0.6 is 0 Å². The lowest BCUT2D eigenvalue weighted by Crippen LogP contribution is -2.42. The Kier molecular flexibility index (Phi) is 5.76. The Morgan fingerprint density at radius 1 is 1.12 bits per heavy atom. The summed E-state index contributed by atoms with van der Waals surface area (Å²) < 4.78 is 5.22. The van der Waals surface area contributed by atoms with Crippen LogP contribution in [0.25, 0.3) is 0 Å². The number of aromatic amines is 1. The number of hydrogen-bond acceptors (Lipinski definition) is 5. The number of para-hydroxylation sites is 1. The lowest BCUT2D eigenvalue weighted by atomic mass is 10.2. The standard InChI is InChI=1S/C18H22N4O4/c1-11(17(25)26-18(2,3)4)21-15(23)13-14(20-10-19-13)16(24)22-12-8-6-5-7-9-12/h5-11H,1-4H3,(H,19,20)(H,21,23)(H,22,24)/t11-/m1/s1. The SMILES string of the molecule is C[C@@H](NC(=O)c1[nH]cnc1C(=O)Nc1ccccc1)C(=O)OC(C)(C)C. The average molecular weight is 358 g/mol. The second-order valence-electron chi connectivity index (χ2n) is 6.67. The number of rotatable bonds is 5. The van der Waals surface area contributed by atoms with Crippen molar-refractivity contribution in [2.75, 3.05) is 5.32 Å². The maximum Gasteiger partial charge on any atom is 0.328 e. The van der Waals surface area contributed by atoms with E-state index < -0.39 is 29.4 Å². The quantitative estimate of drug-likeness (QED) is 0.709. The topological polar surface area (TPSA) is 113 Å².